The quantitative estimate of drug-likeness (QED) is 0.197. The van der Waals surface area contributed by atoms with Crippen molar-refractivity contribution in [3.63, 3.8) is 0 Å². The molecule has 1 aliphatic carbocycles. The summed E-state index contributed by atoms with van der Waals surface area (Å²) in [5.74, 6) is -0.0925. The first-order valence-corrected chi connectivity index (χ1v) is 13.8. The maximum atomic E-state index is 14.2. The number of methoxy groups -OCH3 is 3. The van der Waals surface area contributed by atoms with E-state index in [4.69, 9.17) is 48.7 Å². The van der Waals surface area contributed by atoms with Crippen LogP contribution in [0, 0.1) is 4.91 Å². The van der Waals surface area contributed by atoms with Crippen LogP contribution in [0.1, 0.15) is 45.3 Å². The zero-order chi connectivity index (χ0) is 30.6. The number of aromatic amines is 1. The van der Waals surface area contributed by atoms with Crippen LogP contribution in [0.2, 0.25) is 5.02 Å². The molecular weight excluding hydrogens is 602 g/mol. The van der Waals surface area contributed by atoms with Gasteiger partial charge in [0.25, 0.3) is 5.91 Å². The highest BCUT2D eigenvalue weighted by atomic mass is 35.5. The molecule has 2 aromatic heterocycles. The molecule has 1 N–H and O–H groups in total. The molecule has 3 aromatic carbocycles. The maximum absolute atomic E-state index is 14.2. The lowest BCUT2D eigenvalue weighted by molar-refractivity contribution is -0.120. The summed E-state index contributed by atoms with van der Waals surface area (Å²) in [6, 6.07) is 3.64. The molecule has 15 heteroatoms. The number of amides is 1. The number of rotatable bonds is 4. The number of ether oxygens (including phenoxy) is 5. The highest BCUT2D eigenvalue weighted by molar-refractivity contribution is 6.33. The fourth-order valence-corrected chi connectivity index (χ4v) is 7.04. The van der Waals surface area contributed by atoms with Crippen molar-refractivity contribution >= 4 is 61.4 Å². The summed E-state index contributed by atoms with van der Waals surface area (Å²) in [5, 5.41) is 6.96. The molecule has 4 unspecified atom stereocenters. The van der Waals surface area contributed by atoms with Gasteiger partial charge in [-0.3, -0.25) is 9.59 Å². The number of H-pyrrole nitrogens is 1. The SMILES string of the molecule is COc1c(Cl)ccc2c(=O)c3c(oc12)c1c2c4c3o[nH]oc3c5c(cc(c34)C(OC)C2OCO1)C(N=O)C(OC)N(C)C5=O. The zero-order valence-electron chi connectivity index (χ0n) is 23.5. The Hall–Kier alpha value is -4.63. The van der Waals surface area contributed by atoms with E-state index in [0.717, 1.165) is 0 Å². The summed E-state index contributed by atoms with van der Waals surface area (Å²) < 4.78 is 47.2. The smallest absolute Gasteiger partial charge is 0.259 e. The monoisotopic (exact) mass is 623 g/mol. The van der Waals surface area contributed by atoms with E-state index in [1.165, 1.54) is 45.4 Å². The van der Waals surface area contributed by atoms with Gasteiger partial charge in [-0.05, 0) is 23.8 Å². The summed E-state index contributed by atoms with van der Waals surface area (Å²) in [6.07, 6.45) is -2.53. The lowest BCUT2D eigenvalue weighted by atomic mass is 9.80. The molecule has 4 atom stereocenters. The van der Waals surface area contributed by atoms with Crippen LogP contribution in [0.15, 0.2) is 41.6 Å². The first kappa shape index (κ1) is 27.0. The second kappa shape index (κ2) is 9.43. The van der Waals surface area contributed by atoms with Crippen LogP contribution in [0.4, 0.5) is 0 Å². The number of nitroso groups, excluding NO2 is 1. The van der Waals surface area contributed by atoms with Gasteiger partial charge in [-0.15, -0.1) is 4.91 Å². The van der Waals surface area contributed by atoms with E-state index >= 15 is 0 Å². The summed E-state index contributed by atoms with van der Waals surface area (Å²) in [5.41, 5.74) is 1.13. The summed E-state index contributed by atoms with van der Waals surface area (Å²) in [4.78, 5) is 41.5. The van der Waals surface area contributed by atoms with Gasteiger partial charge in [-0.1, -0.05) is 22.1 Å². The molecule has 4 heterocycles. The molecular formula is C29H22ClN3O11. The first-order chi connectivity index (χ1) is 21.4. The molecule has 0 radical (unpaired) electrons. The normalized spacial score (nSPS) is 22.1. The Bertz CT molecular complexity index is 2210. The predicted octanol–water partition coefficient (Wildman–Crippen LogP) is 5.53. The van der Waals surface area contributed by atoms with Crippen LogP contribution in [-0.4, -0.2) is 57.5 Å². The highest BCUT2D eigenvalue weighted by Gasteiger charge is 2.47. The molecule has 0 fully saturated rings. The van der Waals surface area contributed by atoms with Gasteiger partial charge in [-0.2, -0.15) is 0 Å². The number of fused-ring (bicyclic) bond motifs is 6. The Morgan fingerprint density at radius 1 is 1.00 bits per heavy atom. The van der Waals surface area contributed by atoms with E-state index in [1.54, 1.807) is 6.07 Å². The lowest BCUT2D eigenvalue weighted by Crippen LogP contribution is -2.46. The van der Waals surface area contributed by atoms with Gasteiger partial charge >= 0.3 is 0 Å². The molecule has 14 nitrogen and oxygen atoms in total. The fourth-order valence-electron chi connectivity index (χ4n) is 6.81. The van der Waals surface area contributed by atoms with E-state index in [9.17, 15) is 14.5 Å². The Labute approximate surface area is 250 Å². The Balaban J connectivity index is 1.64. The van der Waals surface area contributed by atoms with E-state index < -0.39 is 35.8 Å². The lowest BCUT2D eigenvalue weighted by Gasteiger charge is -2.38. The number of hydrogen-bond donors (Lipinski definition) is 1. The highest BCUT2D eigenvalue weighted by Crippen LogP contribution is 2.56. The second-order valence-electron chi connectivity index (χ2n) is 10.6. The Morgan fingerprint density at radius 2 is 1.80 bits per heavy atom. The molecule has 2 aliphatic heterocycles. The largest absolute Gasteiger partial charge is 0.491 e. The van der Waals surface area contributed by atoms with Gasteiger partial charge < -0.3 is 42.0 Å². The topological polar surface area (TPSA) is 168 Å². The zero-order valence-corrected chi connectivity index (χ0v) is 24.3. The minimum atomic E-state index is -1.09. The van der Waals surface area contributed by atoms with Gasteiger partial charge in [0.1, 0.15) is 17.6 Å². The molecule has 226 valence electrons. The third-order valence-electron chi connectivity index (χ3n) is 8.66. The summed E-state index contributed by atoms with van der Waals surface area (Å²) in [7, 11) is 5.81. The van der Waals surface area contributed by atoms with Gasteiger partial charge in [0.05, 0.1) is 23.1 Å². The van der Waals surface area contributed by atoms with Gasteiger partial charge in [0.15, 0.2) is 52.9 Å². The standard InChI is InChI=1S/C29H22ClN3O11/c1-33-28(35)14-10(18(31-36)29(33)39-4)7-11-13-15-16-25(20(11)37-2)40-8-41-26(16)27-17(24(15)44-32-43-23(13)14)19(34)9-5-6-12(30)22(38-3)21(9)42-27/h5-7,18,20,25,29,32H,8H2,1-4H3. The van der Waals surface area contributed by atoms with E-state index in [1.807, 2.05) is 0 Å². The summed E-state index contributed by atoms with van der Waals surface area (Å²) in [6.45, 7) is -0.198. The summed E-state index contributed by atoms with van der Waals surface area (Å²) >= 11 is 6.36. The van der Waals surface area contributed by atoms with Crippen molar-refractivity contribution < 1.29 is 41.9 Å². The molecule has 3 aliphatic rings. The van der Waals surface area contributed by atoms with Gasteiger partial charge in [0, 0.05) is 43.2 Å². The van der Waals surface area contributed by atoms with Crippen LogP contribution in [0.25, 0.3) is 43.9 Å². The van der Waals surface area contributed by atoms with Gasteiger partial charge in [-0.25, -0.2) is 0 Å². The minimum absolute atomic E-state index is 0.0371. The molecule has 0 spiro atoms. The van der Waals surface area contributed by atoms with Crippen molar-refractivity contribution in [3.8, 4) is 11.5 Å². The number of nitrogens with one attached hydrogen (secondary N) is 1. The van der Waals surface area contributed by atoms with Crippen LogP contribution in [0.3, 0.4) is 0 Å². The predicted molar refractivity (Wildman–Crippen MR) is 154 cm³/mol. The maximum Gasteiger partial charge on any atom is 0.259 e. The van der Waals surface area contributed by atoms with Crippen molar-refractivity contribution in [2.45, 2.75) is 24.5 Å². The van der Waals surface area contributed by atoms with Crippen molar-refractivity contribution in [1.82, 2.24) is 10.2 Å². The van der Waals surface area contributed by atoms with E-state index in [-0.39, 0.29) is 67.5 Å². The van der Waals surface area contributed by atoms with Crippen LogP contribution in [0.5, 0.6) is 11.5 Å². The number of aromatic nitrogens is 1. The number of nitrogens with zero attached hydrogens (tertiary/aromatic N) is 2. The van der Waals surface area contributed by atoms with Gasteiger partial charge in [0.2, 0.25) is 5.43 Å². The third-order valence-corrected chi connectivity index (χ3v) is 8.95. The average molecular weight is 624 g/mol. The molecule has 0 saturated heterocycles. The molecule has 1 amide bonds. The van der Waals surface area contributed by atoms with E-state index in [2.05, 4.69) is 10.5 Å². The van der Waals surface area contributed by atoms with Crippen molar-refractivity contribution in [3.05, 3.63) is 60.6 Å². The second-order valence-corrected chi connectivity index (χ2v) is 11.0. The Kier molecular flexibility index (Phi) is 5.78. The average Bonchev–Trinajstić information content (AvgIpc) is 3.23. The minimum Gasteiger partial charge on any atom is -0.491 e. The number of carbonyl (C=O) groups is 1. The third kappa shape index (κ3) is 3.20. The number of likely N-dealkylation sites (N-methyl/N-ethyl adjacent to an activating group) is 1. The number of benzene rings is 3. The van der Waals surface area contributed by atoms with Crippen LogP contribution < -0.4 is 14.9 Å². The fraction of sp³-hybridized carbons (Fsp3) is 0.310. The van der Waals surface area contributed by atoms with Crippen molar-refractivity contribution in [2.75, 3.05) is 35.2 Å². The molecule has 0 bridgehead atoms. The van der Waals surface area contributed by atoms with E-state index in [0.29, 0.717) is 21.9 Å². The molecule has 0 saturated carbocycles. The first-order valence-electron chi connectivity index (χ1n) is 13.4. The van der Waals surface area contributed by atoms with Crippen molar-refractivity contribution in [2.24, 2.45) is 5.18 Å². The number of hydrogen-bond acceptors (Lipinski definition) is 12. The molecule has 8 rings (SSSR count). The Morgan fingerprint density at radius 3 is 2.52 bits per heavy atom. The molecule has 5 aromatic rings. The van der Waals surface area contributed by atoms with Crippen molar-refractivity contribution in [1.29, 1.82) is 0 Å². The van der Waals surface area contributed by atoms with Crippen LogP contribution in [-0.2, 0) is 14.2 Å². The number of carbonyl (C=O) groups excluding carboxylic acids is 1. The van der Waals surface area contributed by atoms with Crippen LogP contribution >= 0.6 is 11.6 Å². The molecule has 44 heavy (non-hydrogen) atoms. The number of halogens is 1.